The predicted octanol–water partition coefficient (Wildman–Crippen LogP) is 2.47. The molecule has 1 heterocycles. The van der Waals surface area contributed by atoms with Gasteiger partial charge in [-0.3, -0.25) is 4.79 Å². The molecule has 3 rings (SSSR count). The van der Waals surface area contributed by atoms with Crippen LogP contribution in [0.25, 0.3) is 0 Å². The molecule has 1 aromatic heterocycles. The van der Waals surface area contributed by atoms with Crippen molar-refractivity contribution < 1.29 is 14.1 Å². The summed E-state index contributed by atoms with van der Waals surface area (Å²) in [6.07, 6.45) is 6.59. The number of carbonyl (C=O) groups excluding carboxylic acids is 1. The van der Waals surface area contributed by atoms with Crippen LogP contribution in [0.5, 0.6) is 0 Å². The van der Waals surface area contributed by atoms with E-state index >= 15 is 0 Å². The van der Waals surface area contributed by atoms with Crippen molar-refractivity contribution in [2.75, 3.05) is 6.61 Å². The van der Waals surface area contributed by atoms with E-state index in [0.29, 0.717) is 24.7 Å². The molecule has 2 aliphatic carbocycles. The number of nitrogens with one attached hydrogen (secondary N) is 1. The Morgan fingerprint density at radius 2 is 2.04 bits per heavy atom. The second-order valence-corrected chi connectivity index (χ2v) is 7.94. The quantitative estimate of drug-likeness (QED) is 0.778. The topological polar surface area (TPSA) is 103 Å². The molecule has 2 saturated carbocycles. The van der Waals surface area contributed by atoms with Crippen LogP contribution in [0.3, 0.4) is 0 Å². The molecule has 26 heavy (non-hydrogen) atoms. The summed E-state index contributed by atoms with van der Waals surface area (Å²) >= 11 is 0. The Kier molecular flexibility index (Phi) is 6.69. The predicted molar refractivity (Wildman–Crippen MR) is 99.9 cm³/mol. The molecule has 2 atom stereocenters. The van der Waals surface area contributed by atoms with Gasteiger partial charge in [-0.2, -0.15) is 4.98 Å². The summed E-state index contributed by atoms with van der Waals surface area (Å²) in [5.74, 6) is 0.739. The van der Waals surface area contributed by atoms with E-state index in [2.05, 4.69) is 29.3 Å². The highest BCUT2D eigenvalue weighted by Crippen LogP contribution is 2.55. The molecule has 8 heteroatoms. The van der Waals surface area contributed by atoms with Crippen LogP contribution in [-0.2, 0) is 21.5 Å². The molecule has 1 aromatic rings. The number of nitrogens with two attached hydrogens (primary N) is 1. The molecule has 2 fully saturated rings. The molecule has 0 radical (unpaired) electrons. The smallest absolute Gasteiger partial charge is 0.247 e. The maximum absolute atomic E-state index is 12.2. The summed E-state index contributed by atoms with van der Waals surface area (Å²) in [6.45, 7) is 6.73. The van der Waals surface area contributed by atoms with Crippen LogP contribution in [0.4, 0.5) is 0 Å². The van der Waals surface area contributed by atoms with E-state index in [4.69, 9.17) is 15.0 Å². The largest absolute Gasteiger partial charge is 0.378 e. The lowest BCUT2D eigenvalue weighted by molar-refractivity contribution is -0.162. The highest BCUT2D eigenvalue weighted by atomic mass is 35.5. The van der Waals surface area contributed by atoms with Gasteiger partial charge in [0.25, 0.3) is 0 Å². The van der Waals surface area contributed by atoms with Gasteiger partial charge in [0.1, 0.15) is 5.54 Å². The minimum absolute atomic E-state index is 0. The van der Waals surface area contributed by atoms with Crippen molar-refractivity contribution in [1.82, 2.24) is 15.5 Å². The van der Waals surface area contributed by atoms with E-state index < -0.39 is 5.54 Å². The van der Waals surface area contributed by atoms with Crippen molar-refractivity contribution in [3.8, 4) is 0 Å². The number of halogens is 1. The van der Waals surface area contributed by atoms with Gasteiger partial charge in [-0.15, -0.1) is 12.4 Å². The molecule has 7 nitrogen and oxygen atoms in total. The SMILES string of the molecule is CCOC1CC(N)(c2nc(CC(=O)NC3CCCCC3)no2)C1(C)C.Cl. The van der Waals surface area contributed by atoms with Gasteiger partial charge >= 0.3 is 0 Å². The molecule has 0 saturated heterocycles. The van der Waals surface area contributed by atoms with E-state index in [0.717, 1.165) is 12.8 Å². The van der Waals surface area contributed by atoms with E-state index in [1.54, 1.807) is 0 Å². The third-order valence-electron chi connectivity index (χ3n) is 5.97. The summed E-state index contributed by atoms with van der Waals surface area (Å²) in [5.41, 5.74) is 5.53. The zero-order chi connectivity index (χ0) is 18.1. The molecular formula is C18H31ClN4O3. The fourth-order valence-electron chi connectivity index (χ4n) is 3.97. The van der Waals surface area contributed by atoms with Crippen LogP contribution in [0, 0.1) is 5.41 Å². The minimum atomic E-state index is -0.710. The molecule has 2 unspecified atom stereocenters. The molecule has 0 bridgehead atoms. The average Bonchev–Trinajstić information content (AvgIpc) is 3.04. The van der Waals surface area contributed by atoms with Gasteiger partial charge in [-0.1, -0.05) is 38.3 Å². The Balaban J connectivity index is 0.00000243. The molecular weight excluding hydrogens is 356 g/mol. The maximum atomic E-state index is 12.2. The lowest BCUT2D eigenvalue weighted by atomic mass is 9.54. The van der Waals surface area contributed by atoms with Crippen LogP contribution in [0.15, 0.2) is 4.52 Å². The van der Waals surface area contributed by atoms with Crippen LogP contribution < -0.4 is 11.1 Å². The number of hydrogen-bond donors (Lipinski definition) is 2. The first kappa shape index (κ1) is 21.1. The number of amides is 1. The maximum Gasteiger partial charge on any atom is 0.247 e. The van der Waals surface area contributed by atoms with Gasteiger partial charge in [0.05, 0.1) is 12.5 Å². The van der Waals surface area contributed by atoms with Crippen molar-refractivity contribution in [1.29, 1.82) is 0 Å². The van der Waals surface area contributed by atoms with Crippen LogP contribution in [0.1, 0.15) is 71.0 Å². The Hall–Kier alpha value is -1.18. The number of hydrogen-bond acceptors (Lipinski definition) is 6. The van der Waals surface area contributed by atoms with Gasteiger partial charge in [-0.25, -0.2) is 0 Å². The zero-order valence-electron chi connectivity index (χ0n) is 15.9. The summed E-state index contributed by atoms with van der Waals surface area (Å²) in [7, 11) is 0. The van der Waals surface area contributed by atoms with Gasteiger partial charge in [0.15, 0.2) is 5.82 Å². The first-order valence-corrected chi connectivity index (χ1v) is 9.39. The lowest BCUT2D eigenvalue weighted by Gasteiger charge is -2.56. The summed E-state index contributed by atoms with van der Waals surface area (Å²) in [5, 5.41) is 7.04. The molecule has 0 aliphatic heterocycles. The van der Waals surface area contributed by atoms with Gasteiger partial charge in [0.2, 0.25) is 11.8 Å². The number of nitrogens with zero attached hydrogens (tertiary/aromatic N) is 2. The highest BCUT2D eigenvalue weighted by molar-refractivity contribution is 5.85. The highest BCUT2D eigenvalue weighted by Gasteiger charge is 2.62. The van der Waals surface area contributed by atoms with Crippen LogP contribution in [0.2, 0.25) is 0 Å². The van der Waals surface area contributed by atoms with Crippen LogP contribution in [-0.4, -0.2) is 34.8 Å². The normalized spacial score (nSPS) is 28.1. The number of carbonyl (C=O) groups is 1. The second-order valence-electron chi connectivity index (χ2n) is 7.94. The van der Waals surface area contributed by atoms with E-state index in [1.807, 2.05) is 6.92 Å². The molecule has 3 N–H and O–H groups in total. The van der Waals surface area contributed by atoms with Gasteiger partial charge in [-0.05, 0) is 19.8 Å². The fourth-order valence-corrected chi connectivity index (χ4v) is 3.97. The molecule has 1 amide bonds. The Bertz CT molecular complexity index is 615. The molecule has 0 spiro atoms. The number of ether oxygens (including phenoxy) is 1. The monoisotopic (exact) mass is 386 g/mol. The van der Waals surface area contributed by atoms with Crippen molar-refractivity contribution in [3.05, 3.63) is 11.7 Å². The van der Waals surface area contributed by atoms with Crippen molar-refractivity contribution in [2.45, 2.75) is 83.4 Å². The minimum Gasteiger partial charge on any atom is -0.378 e. The van der Waals surface area contributed by atoms with E-state index in [1.165, 1.54) is 19.3 Å². The average molecular weight is 387 g/mol. The Morgan fingerprint density at radius 3 is 2.65 bits per heavy atom. The van der Waals surface area contributed by atoms with Crippen LogP contribution >= 0.6 is 12.4 Å². The molecule has 0 aromatic carbocycles. The van der Waals surface area contributed by atoms with Crippen molar-refractivity contribution in [3.63, 3.8) is 0 Å². The van der Waals surface area contributed by atoms with Gasteiger partial charge < -0.3 is 20.3 Å². The fraction of sp³-hybridized carbons (Fsp3) is 0.833. The van der Waals surface area contributed by atoms with Gasteiger partial charge in [0, 0.05) is 24.5 Å². The number of rotatable bonds is 6. The second kappa shape index (κ2) is 8.23. The first-order chi connectivity index (χ1) is 11.9. The third kappa shape index (κ3) is 3.89. The lowest BCUT2D eigenvalue weighted by Crippen LogP contribution is -2.67. The Morgan fingerprint density at radius 1 is 1.35 bits per heavy atom. The van der Waals surface area contributed by atoms with E-state index in [9.17, 15) is 4.79 Å². The van der Waals surface area contributed by atoms with Crippen molar-refractivity contribution in [2.24, 2.45) is 11.1 Å². The zero-order valence-corrected chi connectivity index (χ0v) is 16.7. The van der Waals surface area contributed by atoms with Crippen molar-refractivity contribution >= 4 is 18.3 Å². The molecule has 148 valence electrons. The Labute approximate surface area is 161 Å². The summed E-state index contributed by atoms with van der Waals surface area (Å²) < 4.78 is 11.1. The standard InChI is InChI=1S/C18H30N4O3.ClH/c1-4-24-13-11-18(19,17(13,2)3)16-21-14(22-25-16)10-15(23)20-12-8-6-5-7-9-12;/h12-13H,4-11,19H2,1-3H3,(H,20,23);1H. The number of aromatic nitrogens is 2. The third-order valence-corrected chi connectivity index (χ3v) is 5.97. The van der Waals surface area contributed by atoms with E-state index in [-0.39, 0.29) is 42.3 Å². The summed E-state index contributed by atoms with van der Waals surface area (Å²) in [6, 6.07) is 0.283. The molecule has 2 aliphatic rings. The summed E-state index contributed by atoms with van der Waals surface area (Å²) in [4.78, 5) is 16.6. The first-order valence-electron chi connectivity index (χ1n) is 9.39.